The number of nitriles is 1. The highest BCUT2D eigenvalue weighted by atomic mass is 35.5. The van der Waals surface area contributed by atoms with Crippen LogP contribution < -0.4 is 15.8 Å². The number of nitrogens with one attached hydrogen (secondary N) is 1. The first-order chi connectivity index (χ1) is 27.5. The molecule has 3 heterocycles. The van der Waals surface area contributed by atoms with Crippen LogP contribution in [0.15, 0.2) is 59.8 Å². The Labute approximate surface area is 338 Å². The van der Waals surface area contributed by atoms with Crippen molar-refractivity contribution in [3.63, 3.8) is 0 Å². The van der Waals surface area contributed by atoms with E-state index < -0.39 is 38.9 Å². The fraction of sp³-hybridized carbons (Fsp3) is 0.378. The minimum absolute atomic E-state index is 0.142. The summed E-state index contributed by atoms with van der Waals surface area (Å²) in [6.07, 6.45) is 1.56. The second-order valence-electron chi connectivity index (χ2n) is 15.5. The molecule has 59 heavy (non-hydrogen) atoms. The zero-order valence-corrected chi connectivity index (χ0v) is 33.4. The Hall–Kier alpha value is -5.58. The molecule has 1 amide bonds. The summed E-state index contributed by atoms with van der Waals surface area (Å²) in [5.74, 6) is -2.11. The molecule has 5 aromatic rings. The average Bonchev–Trinajstić information content (AvgIpc) is 3.57. The van der Waals surface area contributed by atoms with E-state index in [0.29, 0.717) is 51.1 Å². The number of carboxylic acid groups (broad SMARTS) is 1. The number of anilines is 2. The Kier molecular flexibility index (Phi) is 11.6. The lowest BCUT2D eigenvalue weighted by Crippen LogP contribution is -2.59. The van der Waals surface area contributed by atoms with E-state index >= 15 is 0 Å². The predicted octanol–water partition coefficient (Wildman–Crippen LogP) is 6.60. The molecular formula is C37H37ClF3N8O9P. The van der Waals surface area contributed by atoms with Crippen LogP contribution in [-0.2, 0) is 31.2 Å². The molecule has 4 N–H and O–H groups in total. The van der Waals surface area contributed by atoms with Crippen molar-refractivity contribution in [2.24, 2.45) is 18.4 Å². The number of halogens is 4. The van der Waals surface area contributed by atoms with Crippen molar-refractivity contribution in [1.29, 1.82) is 5.26 Å². The van der Waals surface area contributed by atoms with Crippen LogP contribution in [0, 0.1) is 22.7 Å². The number of carboxylic acids is 1. The van der Waals surface area contributed by atoms with Gasteiger partial charge in [0.1, 0.15) is 17.8 Å². The molecule has 0 aliphatic heterocycles. The zero-order chi connectivity index (χ0) is 43.2. The van der Waals surface area contributed by atoms with Crippen molar-refractivity contribution < 1.29 is 51.5 Å². The molecule has 0 spiro atoms. The van der Waals surface area contributed by atoms with Gasteiger partial charge in [-0.2, -0.15) is 18.4 Å². The molecule has 17 nitrogen and oxygen atoms in total. The monoisotopic (exact) mass is 860 g/mol. The van der Waals surface area contributed by atoms with Crippen LogP contribution in [0.3, 0.4) is 0 Å². The number of nitrogens with zero attached hydrogens (tertiary/aromatic N) is 7. The number of aliphatic carboxylic acids is 1. The number of carbonyl (C=O) groups excluding carboxylic acids is 1. The van der Waals surface area contributed by atoms with E-state index in [1.807, 2.05) is 25.5 Å². The Balaban J connectivity index is 0.000000768. The SMILES string of the molecule is Cn1ccc2c(C(c3cn(C45CC(C4)C5)nn3)N(C(=O)OCOP(=O)(O)O)c3cc(Cl)c4ncc(C#N)c(NCC(C)(C)C)c4c3)cccc2c1=O.O=C(O)C(F)(F)F. The number of phosphoric ester groups is 1. The van der Waals surface area contributed by atoms with Crippen molar-refractivity contribution in [2.75, 3.05) is 23.6 Å². The van der Waals surface area contributed by atoms with Gasteiger partial charge in [0, 0.05) is 36.8 Å². The van der Waals surface area contributed by atoms with E-state index in [2.05, 4.69) is 31.2 Å². The van der Waals surface area contributed by atoms with Crippen molar-refractivity contribution in [2.45, 2.75) is 57.8 Å². The van der Waals surface area contributed by atoms with Gasteiger partial charge in [-0.25, -0.2) is 23.4 Å². The van der Waals surface area contributed by atoms with Crippen molar-refractivity contribution in [3.8, 4) is 6.07 Å². The van der Waals surface area contributed by atoms with Gasteiger partial charge in [0.05, 0.1) is 39.2 Å². The topological polar surface area (TPSA) is 235 Å². The number of benzene rings is 2. The number of phosphoric acid groups is 1. The number of aryl methyl sites for hydroxylation is 1. The summed E-state index contributed by atoms with van der Waals surface area (Å²) in [6, 6.07) is 11.1. The summed E-state index contributed by atoms with van der Waals surface area (Å²) in [5.41, 5.74) is 1.44. The molecule has 312 valence electrons. The van der Waals surface area contributed by atoms with E-state index in [-0.39, 0.29) is 32.8 Å². The van der Waals surface area contributed by atoms with E-state index in [1.165, 1.54) is 21.7 Å². The lowest BCUT2D eigenvalue weighted by Gasteiger charge is -2.61. The molecule has 0 saturated heterocycles. The highest BCUT2D eigenvalue weighted by molar-refractivity contribution is 7.46. The molecule has 3 aliphatic rings. The lowest BCUT2D eigenvalue weighted by molar-refractivity contribution is -0.192. The second kappa shape index (κ2) is 15.9. The third kappa shape index (κ3) is 9.04. The number of fused-ring (bicyclic) bond motifs is 2. The summed E-state index contributed by atoms with van der Waals surface area (Å²) in [7, 11) is -3.38. The Morgan fingerprint density at radius 2 is 1.83 bits per heavy atom. The number of ether oxygens (including phenoxy) is 1. The van der Waals surface area contributed by atoms with Crippen LogP contribution in [0.25, 0.3) is 21.7 Å². The van der Waals surface area contributed by atoms with E-state index in [9.17, 15) is 42.4 Å². The van der Waals surface area contributed by atoms with Gasteiger partial charge >= 0.3 is 26.1 Å². The second-order valence-corrected chi connectivity index (χ2v) is 17.1. The van der Waals surface area contributed by atoms with Gasteiger partial charge in [0.15, 0.2) is 0 Å². The number of aromatic nitrogens is 5. The Morgan fingerprint density at radius 1 is 1.15 bits per heavy atom. The first-order valence-electron chi connectivity index (χ1n) is 17.8. The van der Waals surface area contributed by atoms with Crippen molar-refractivity contribution >= 4 is 64.5 Å². The summed E-state index contributed by atoms with van der Waals surface area (Å²) < 4.78 is 56.4. The largest absolute Gasteiger partial charge is 0.490 e. The fourth-order valence-corrected chi connectivity index (χ4v) is 7.46. The summed E-state index contributed by atoms with van der Waals surface area (Å²) in [5, 5.41) is 31.1. The number of rotatable bonds is 10. The molecule has 8 rings (SSSR count). The fourth-order valence-electron chi connectivity index (χ4n) is 7.00. The number of alkyl halides is 3. The van der Waals surface area contributed by atoms with E-state index in [1.54, 1.807) is 49.8 Å². The highest BCUT2D eigenvalue weighted by Crippen LogP contribution is 2.62. The Bertz CT molecular complexity index is 2600. The number of hydrogen-bond acceptors (Lipinski definition) is 11. The maximum absolute atomic E-state index is 14.4. The normalized spacial score (nSPS) is 17.8. The van der Waals surface area contributed by atoms with Crippen LogP contribution >= 0.6 is 19.4 Å². The van der Waals surface area contributed by atoms with Gasteiger partial charge in [-0.05, 0) is 65.8 Å². The molecule has 3 saturated carbocycles. The van der Waals surface area contributed by atoms with Crippen LogP contribution in [0.1, 0.15) is 62.9 Å². The molecule has 3 aliphatic carbocycles. The number of hydrogen-bond donors (Lipinski definition) is 4. The molecular weight excluding hydrogens is 824 g/mol. The number of pyridine rings is 2. The van der Waals surface area contributed by atoms with Crippen LogP contribution in [-0.4, -0.2) is 71.0 Å². The molecule has 2 aromatic carbocycles. The van der Waals surface area contributed by atoms with Crippen LogP contribution in [0.4, 0.5) is 29.3 Å². The summed E-state index contributed by atoms with van der Waals surface area (Å²) in [4.78, 5) is 61.0. The first-order valence-corrected chi connectivity index (χ1v) is 19.7. The summed E-state index contributed by atoms with van der Waals surface area (Å²) >= 11 is 6.90. The molecule has 1 atom stereocenters. The smallest absolute Gasteiger partial charge is 0.475 e. The van der Waals surface area contributed by atoms with Gasteiger partial charge in [0.2, 0.25) is 6.79 Å². The molecule has 3 aromatic heterocycles. The van der Waals surface area contributed by atoms with Gasteiger partial charge in [0.25, 0.3) is 5.56 Å². The van der Waals surface area contributed by atoms with E-state index in [0.717, 1.165) is 19.3 Å². The quantitative estimate of drug-likeness (QED) is 0.0856. The molecule has 22 heteroatoms. The molecule has 0 radical (unpaired) electrons. The van der Waals surface area contributed by atoms with Gasteiger partial charge in [-0.3, -0.25) is 14.7 Å². The minimum atomic E-state index is -5.08. The summed E-state index contributed by atoms with van der Waals surface area (Å²) in [6.45, 7) is 5.50. The number of amides is 1. The van der Waals surface area contributed by atoms with Gasteiger partial charge < -0.3 is 29.5 Å². The van der Waals surface area contributed by atoms with Gasteiger partial charge in [-0.1, -0.05) is 49.7 Å². The van der Waals surface area contributed by atoms with Crippen LogP contribution in [0.2, 0.25) is 5.02 Å². The number of carbonyl (C=O) groups is 2. The van der Waals surface area contributed by atoms with Crippen molar-refractivity contribution in [3.05, 3.63) is 87.2 Å². The zero-order valence-electron chi connectivity index (χ0n) is 31.8. The standard InChI is InChI=1S/C35H36ClN8O7P.C2HF3O2/c1-34(2,3)18-39-29-21(15-37)16-38-30-26(29)10-22(11-27(30)36)44(33(46)50-19-51-52(47,48)49)31(28-17-43(41-40-28)35-12-20(13-35)14-35)24-6-5-7-25-23(24)8-9-42(4)32(25)45;3-2(4,5)1(6)7/h5-11,16-17,20,31H,12-14,18-19H2,1-4H3,(H,38,39)(H2,47,48,49);(H,6,7). The minimum Gasteiger partial charge on any atom is -0.475 e. The first kappa shape index (κ1) is 43.0. The molecule has 2 bridgehead atoms. The van der Waals surface area contributed by atoms with Crippen LogP contribution in [0.5, 0.6) is 0 Å². The maximum Gasteiger partial charge on any atom is 0.490 e. The molecule has 3 fully saturated rings. The lowest BCUT2D eigenvalue weighted by atomic mass is 9.50. The predicted molar refractivity (Wildman–Crippen MR) is 206 cm³/mol. The Morgan fingerprint density at radius 3 is 2.41 bits per heavy atom. The average molecular weight is 861 g/mol. The van der Waals surface area contributed by atoms with Gasteiger partial charge in [-0.15, -0.1) is 5.10 Å². The van der Waals surface area contributed by atoms with E-state index in [4.69, 9.17) is 26.2 Å². The molecule has 1 unspecified atom stereocenters. The van der Waals surface area contributed by atoms with Crippen molar-refractivity contribution in [1.82, 2.24) is 24.5 Å². The third-order valence-electron chi connectivity index (χ3n) is 9.94. The maximum atomic E-state index is 14.4. The third-order valence-corrected chi connectivity index (χ3v) is 10.7. The highest BCUT2D eigenvalue weighted by Gasteiger charge is 2.59.